The summed E-state index contributed by atoms with van der Waals surface area (Å²) in [5, 5.41) is 0. The van der Waals surface area contributed by atoms with Crippen LogP contribution < -0.4 is 4.72 Å². The molecule has 116 valence electrons. The third-order valence-corrected chi connectivity index (χ3v) is 4.99. The summed E-state index contributed by atoms with van der Waals surface area (Å²) in [7, 11) is -2.48. The van der Waals surface area contributed by atoms with Gasteiger partial charge in [0.25, 0.3) is 10.0 Å². The molecule has 0 aliphatic rings. The Morgan fingerprint density at radius 1 is 1.18 bits per heavy atom. The Labute approximate surface area is 137 Å². The van der Waals surface area contributed by atoms with E-state index >= 15 is 0 Å². The number of sulfonamides is 1. The number of hydrogen-bond acceptors (Lipinski definition) is 4. The zero-order valence-corrected chi connectivity index (χ0v) is 14.4. The summed E-state index contributed by atoms with van der Waals surface area (Å²) in [4.78, 5) is 11.7. The number of ether oxygens (including phenoxy) is 1. The van der Waals surface area contributed by atoms with Crippen LogP contribution in [0.2, 0.25) is 0 Å². The summed E-state index contributed by atoms with van der Waals surface area (Å²) in [5.74, 6) is -0.528. The van der Waals surface area contributed by atoms with Gasteiger partial charge in [0.15, 0.2) is 0 Å². The maximum Gasteiger partial charge on any atom is 0.337 e. The standard InChI is InChI=1S/C15H14BrNO4S/c1-10-6-7-12(16)9-14(10)22(19,20)17-13-5-3-4-11(8-13)15(18)21-2/h3-9,17H,1-2H3. The molecule has 0 aromatic heterocycles. The van der Waals surface area contributed by atoms with E-state index in [1.165, 1.54) is 19.2 Å². The number of nitrogens with one attached hydrogen (secondary N) is 1. The minimum atomic E-state index is -3.75. The molecular formula is C15H14BrNO4S. The topological polar surface area (TPSA) is 72.5 Å². The zero-order chi connectivity index (χ0) is 16.3. The Kier molecular flexibility index (Phi) is 4.87. The van der Waals surface area contributed by atoms with Gasteiger partial charge >= 0.3 is 5.97 Å². The third kappa shape index (κ3) is 3.66. The molecule has 0 heterocycles. The predicted molar refractivity (Wildman–Crippen MR) is 87.5 cm³/mol. The van der Waals surface area contributed by atoms with E-state index in [0.29, 0.717) is 15.7 Å². The van der Waals surface area contributed by atoms with E-state index in [2.05, 4.69) is 25.4 Å². The lowest BCUT2D eigenvalue weighted by atomic mass is 10.2. The third-order valence-electron chi connectivity index (χ3n) is 2.98. The van der Waals surface area contributed by atoms with Gasteiger partial charge in [-0.15, -0.1) is 0 Å². The van der Waals surface area contributed by atoms with Crippen LogP contribution in [0.3, 0.4) is 0 Å². The highest BCUT2D eigenvalue weighted by molar-refractivity contribution is 9.10. The summed E-state index contributed by atoms with van der Waals surface area (Å²) < 4.78 is 32.7. The maximum absolute atomic E-state index is 12.5. The number of anilines is 1. The van der Waals surface area contributed by atoms with Crippen molar-refractivity contribution in [2.45, 2.75) is 11.8 Å². The van der Waals surface area contributed by atoms with Crippen molar-refractivity contribution >= 4 is 37.6 Å². The van der Waals surface area contributed by atoms with Crippen LogP contribution >= 0.6 is 15.9 Å². The Morgan fingerprint density at radius 3 is 2.59 bits per heavy atom. The number of esters is 1. The molecule has 2 rings (SSSR count). The maximum atomic E-state index is 12.5. The van der Waals surface area contributed by atoms with E-state index in [-0.39, 0.29) is 10.5 Å². The summed E-state index contributed by atoms with van der Waals surface area (Å²) >= 11 is 3.26. The van der Waals surface area contributed by atoms with E-state index in [1.54, 1.807) is 37.3 Å². The molecule has 0 unspecified atom stereocenters. The van der Waals surface area contributed by atoms with Crippen molar-refractivity contribution in [3.63, 3.8) is 0 Å². The number of rotatable bonds is 4. The zero-order valence-electron chi connectivity index (χ0n) is 12.0. The van der Waals surface area contributed by atoms with Gasteiger partial charge in [-0.2, -0.15) is 0 Å². The van der Waals surface area contributed by atoms with Crippen molar-refractivity contribution in [2.24, 2.45) is 0 Å². The summed E-state index contributed by atoms with van der Waals surface area (Å²) in [6.45, 7) is 1.71. The van der Waals surface area contributed by atoms with Crippen molar-refractivity contribution in [1.82, 2.24) is 0 Å². The first kappa shape index (κ1) is 16.5. The van der Waals surface area contributed by atoms with Crippen LogP contribution in [0.15, 0.2) is 51.8 Å². The fourth-order valence-electron chi connectivity index (χ4n) is 1.90. The largest absolute Gasteiger partial charge is 0.465 e. The van der Waals surface area contributed by atoms with Gasteiger partial charge in [0.2, 0.25) is 0 Å². The molecule has 0 aliphatic carbocycles. The van der Waals surface area contributed by atoms with Crippen LogP contribution in [-0.2, 0) is 14.8 Å². The molecule has 1 N–H and O–H groups in total. The first-order valence-corrected chi connectivity index (χ1v) is 8.58. The van der Waals surface area contributed by atoms with E-state index in [9.17, 15) is 13.2 Å². The molecule has 22 heavy (non-hydrogen) atoms. The van der Waals surface area contributed by atoms with Gasteiger partial charge in [-0.05, 0) is 42.8 Å². The van der Waals surface area contributed by atoms with Crippen LogP contribution in [0.1, 0.15) is 15.9 Å². The molecule has 2 aromatic carbocycles. The van der Waals surface area contributed by atoms with Gasteiger partial charge in [-0.25, -0.2) is 13.2 Å². The van der Waals surface area contributed by atoms with Gasteiger partial charge in [0.1, 0.15) is 0 Å². The number of aryl methyl sites for hydroxylation is 1. The summed E-state index contributed by atoms with van der Waals surface area (Å²) in [5.41, 5.74) is 1.19. The first-order valence-electron chi connectivity index (χ1n) is 6.31. The quantitative estimate of drug-likeness (QED) is 0.821. The number of benzene rings is 2. The van der Waals surface area contributed by atoms with E-state index in [4.69, 9.17) is 0 Å². The minimum absolute atomic E-state index is 0.172. The van der Waals surface area contributed by atoms with Gasteiger partial charge in [-0.1, -0.05) is 28.1 Å². The van der Waals surface area contributed by atoms with Gasteiger partial charge in [-0.3, -0.25) is 4.72 Å². The van der Waals surface area contributed by atoms with Crippen molar-refractivity contribution in [1.29, 1.82) is 0 Å². The second-order valence-corrected chi connectivity index (χ2v) is 7.15. The van der Waals surface area contributed by atoms with Gasteiger partial charge in [0.05, 0.1) is 17.6 Å². The molecule has 0 radical (unpaired) electrons. The molecule has 0 amide bonds. The van der Waals surface area contributed by atoms with E-state index in [1.807, 2.05) is 0 Å². The highest BCUT2D eigenvalue weighted by Gasteiger charge is 2.18. The second-order valence-electron chi connectivity index (χ2n) is 4.59. The smallest absolute Gasteiger partial charge is 0.337 e. The van der Waals surface area contributed by atoms with Crippen LogP contribution in [0.25, 0.3) is 0 Å². The number of halogens is 1. The average molecular weight is 384 g/mol. The molecular weight excluding hydrogens is 370 g/mol. The van der Waals surface area contributed by atoms with Crippen molar-refractivity contribution in [2.75, 3.05) is 11.8 Å². The molecule has 5 nitrogen and oxygen atoms in total. The highest BCUT2D eigenvalue weighted by atomic mass is 79.9. The van der Waals surface area contributed by atoms with Crippen molar-refractivity contribution in [3.8, 4) is 0 Å². The van der Waals surface area contributed by atoms with Gasteiger partial charge in [0, 0.05) is 10.2 Å². The molecule has 0 atom stereocenters. The molecule has 0 saturated carbocycles. The lowest BCUT2D eigenvalue weighted by Gasteiger charge is -2.11. The van der Waals surface area contributed by atoms with Crippen LogP contribution in [0.4, 0.5) is 5.69 Å². The predicted octanol–water partition coefficient (Wildman–Crippen LogP) is 3.34. The molecule has 0 aliphatic heterocycles. The average Bonchev–Trinajstić information content (AvgIpc) is 2.48. The number of carbonyl (C=O) groups is 1. The normalized spacial score (nSPS) is 11.0. The Balaban J connectivity index is 2.37. The lowest BCUT2D eigenvalue weighted by molar-refractivity contribution is 0.0601. The van der Waals surface area contributed by atoms with Gasteiger partial charge < -0.3 is 4.74 Å². The summed E-state index contributed by atoms with van der Waals surface area (Å²) in [6, 6.07) is 11.1. The Bertz CT molecular complexity index is 818. The van der Waals surface area contributed by atoms with E-state index in [0.717, 1.165) is 0 Å². The molecule has 0 bridgehead atoms. The summed E-state index contributed by atoms with van der Waals surface area (Å²) in [6.07, 6.45) is 0. The number of hydrogen-bond donors (Lipinski definition) is 1. The molecule has 0 fully saturated rings. The van der Waals surface area contributed by atoms with Crippen LogP contribution in [-0.4, -0.2) is 21.5 Å². The molecule has 0 saturated heterocycles. The molecule has 2 aromatic rings. The molecule has 0 spiro atoms. The Morgan fingerprint density at radius 2 is 1.91 bits per heavy atom. The second kappa shape index (κ2) is 6.50. The van der Waals surface area contributed by atoms with Crippen LogP contribution in [0.5, 0.6) is 0 Å². The fourth-order valence-corrected chi connectivity index (χ4v) is 3.73. The van der Waals surface area contributed by atoms with Crippen LogP contribution in [0, 0.1) is 6.92 Å². The number of carbonyl (C=O) groups excluding carboxylic acids is 1. The van der Waals surface area contributed by atoms with E-state index < -0.39 is 16.0 Å². The van der Waals surface area contributed by atoms with Crippen molar-refractivity contribution in [3.05, 3.63) is 58.1 Å². The molecule has 7 heteroatoms. The fraction of sp³-hybridized carbons (Fsp3) is 0.133. The lowest BCUT2D eigenvalue weighted by Crippen LogP contribution is -2.14. The minimum Gasteiger partial charge on any atom is -0.465 e. The SMILES string of the molecule is COC(=O)c1cccc(NS(=O)(=O)c2cc(Br)ccc2C)c1. The number of methoxy groups -OCH3 is 1. The highest BCUT2D eigenvalue weighted by Crippen LogP contribution is 2.23. The Hall–Kier alpha value is -1.86. The van der Waals surface area contributed by atoms with Crippen molar-refractivity contribution < 1.29 is 17.9 Å². The monoisotopic (exact) mass is 383 g/mol. The first-order chi connectivity index (χ1) is 10.3.